The lowest BCUT2D eigenvalue weighted by Crippen LogP contribution is -2.30. The molecule has 2 amide bonds. The Bertz CT molecular complexity index is 1060. The molecule has 0 bridgehead atoms. The summed E-state index contributed by atoms with van der Waals surface area (Å²) >= 11 is 0. The number of anilines is 1. The van der Waals surface area contributed by atoms with E-state index in [1.165, 1.54) is 73.0 Å². The summed E-state index contributed by atoms with van der Waals surface area (Å²) in [6.07, 6.45) is 2.70. The summed E-state index contributed by atoms with van der Waals surface area (Å²) in [4.78, 5) is 35.9. The van der Waals surface area contributed by atoms with Gasteiger partial charge in [0.25, 0.3) is 11.8 Å². The van der Waals surface area contributed by atoms with Crippen LogP contribution in [-0.2, 0) is 4.79 Å². The average Bonchev–Trinajstić information content (AvgIpc) is 3.24. The van der Waals surface area contributed by atoms with Crippen molar-refractivity contribution in [2.45, 2.75) is 0 Å². The Morgan fingerprint density at radius 2 is 1.66 bits per heavy atom. The summed E-state index contributed by atoms with van der Waals surface area (Å²) in [5.74, 6) is -2.82. The van der Waals surface area contributed by atoms with E-state index in [0.717, 1.165) is 0 Å². The van der Waals surface area contributed by atoms with Crippen LogP contribution in [0.2, 0.25) is 0 Å². The lowest BCUT2D eigenvalue weighted by Gasteiger charge is -2.11. The molecule has 0 saturated heterocycles. The van der Waals surface area contributed by atoms with Crippen molar-refractivity contribution in [3.05, 3.63) is 95.3 Å². The number of benzene rings is 2. The van der Waals surface area contributed by atoms with Gasteiger partial charge >= 0.3 is 5.97 Å². The van der Waals surface area contributed by atoms with E-state index in [9.17, 15) is 18.8 Å². The molecular formula is C21H15FN2O5. The SMILES string of the molecule is O=C(Nc1ccc(C(=O)O)cc1)C(=Cc1ccc(F)cc1)NC(=O)c1ccco1. The fraction of sp³-hybridized carbons (Fsp3) is 0. The van der Waals surface area contributed by atoms with Crippen LogP contribution in [0.3, 0.4) is 0 Å². The third-order valence-electron chi connectivity index (χ3n) is 3.81. The second-order valence-electron chi connectivity index (χ2n) is 5.88. The number of rotatable bonds is 6. The van der Waals surface area contributed by atoms with Crippen LogP contribution < -0.4 is 10.6 Å². The van der Waals surface area contributed by atoms with Crippen LogP contribution in [0.1, 0.15) is 26.5 Å². The number of carboxylic acid groups (broad SMARTS) is 1. The first kappa shape index (κ1) is 19.6. The first-order valence-corrected chi connectivity index (χ1v) is 8.39. The minimum absolute atomic E-state index is 0.00798. The number of hydrogen-bond acceptors (Lipinski definition) is 4. The average molecular weight is 394 g/mol. The number of nitrogens with one attached hydrogen (secondary N) is 2. The Kier molecular flexibility index (Phi) is 5.84. The first-order valence-electron chi connectivity index (χ1n) is 8.39. The van der Waals surface area contributed by atoms with Gasteiger partial charge in [0.15, 0.2) is 5.76 Å². The number of carboxylic acids is 1. The topological polar surface area (TPSA) is 109 Å². The first-order chi connectivity index (χ1) is 13.9. The number of amides is 2. The third kappa shape index (κ3) is 5.16. The van der Waals surface area contributed by atoms with Crippen molar-refractivity contribution in [2.24, 2.45) is 0 Å². The summed E-state index contributed by atoms with van der Waals surface area (Å²) in [5, 5.41) is 14.0. The van der Waals surface area contributed by atoms with Crippen LogP contribution in [0.5, 0.6) is 0 Å². The van der Waals surface area contributed by atoms with E-state index in [-0.39, 0.29) is 17.0 Å². The number of aromatic carboxylic acids is 1. The summed E-state index contributed by atoms with van der Waals surface area (Å²) in [6.45, 7) is 0. The molecule has 1 aromatic heterocycles. The molecule has 3 rings (SSSR count). The third-order valence-corrected chi connectivity index (χ3v) is 3.81. The quantitative estimate of drug-likeness (QED) is 0.554. The Labute approximate surface area is 164 Å². The van der Waals surface area contributed by atoms with Crippen LogP contribution in [0, 0.1) is 5.82 Å². The molecule has 3 aromatic rings. The summed E-state index contributed by atoms with van der Waals surface area (Å²) in [7, 11) is 0. The van der Waals surface area contributed by atoms with Gasteiger partial charge in [0.05, 0.1) is 11.8 Å². The van der Waals surface area contributed by atoms with E-state index in [0.29, 0.717) is 11.3 Å². The largest absolute Gasteiger partial charge is 0.478 e. The van der Waals surface area contributed by atoms with Gasteiger partial charge in [-0.15, -0.1) is 0 Å². The van der Waals surface area contributed by atoms with Gasteiger partial charge in [-0.2, -0.15) is 0 Å². The van der Waals surface area contributed by atoms with E-state index >= 15 is 0 Å². The molecular weight excluding hydrogens is 379 g/mol. The lowest BCUT2D eigenvalue weighted by molar-refractivity contribution is -0.113. The minimum atomic E-state index is -1.09. The van der Waals surface area contributed by atoms with Crippen molar-refractivity contribution in [3.8, 4) is 0 Å². The standard InChI is InChI=1S/C21H15FN2O5/c22-15-7-3-13(4-8-15)12-17(24-20(26)18-2-1-11-29-18)19(25)23-16-9-5-14(6-10-16)21(27)28/h1-12H,(H,23,25)(H,24,26)(H,27,28). The van der Waals surface area contributed by atoms with Crippen LogP contribution in [0.4, 0.5) is 10.1 Å². The smallest absolute Gasteiger partial charge is 0.335 e. The van der Waals surface area contributed by atoms with Gasteiger partial charge in [0.2, 0.25) is 0 Å². The molecule has 7 nitrogen and oxygen atoms in total. The van der Waals surface area contributed by atoms with Gasteiger partial charge in [0, 0.05) is 5.69 Å². The van der Waals surface area contributed by atoms with Gasteiger partial charge in [-0.25, -0.2) is 9.18 Å². The normalized spacial score (nSPS) is 11.0. The molecule has 0 aliphatic rings. The zero-order valence-corrected chi connectivity index (χ0v) is 14.9. The number of carbonyl (C=O) groups excluding carboxylic acids is 2. The maximum atomic E-state index is 13.1. The number of halogens is 1. The number of hydrogen-bond donors (Lipinski definition) is 3. The molecule has 1 heterocycles. The van der Waals surface area contributed by atoms with E-state index in [1.54, 1.807) is 0 Å². The molecule has 8 heteroatoms. The fourth-order valence-corrected chi connectivity index (χ4v) is 2.37. The summed E-state index contributed by atoms with van der Waals surface area (Å²) in [6, 6.07) is 13.8. The molecule has 3 N–H and O–H groups in total. The maximum Gasteiger partial charge on any atom is 0.335 e. The van der Waals surface area contributed by atoms with Crippen molar-refractivity contribution < 1.29 is 28.3 Å². The summed E-state index contributed by atoms with van der Waals surface area (Å²) in [5.41, 5.74) is 0.770. The van der Waals surface area contributed by atoms with E-state index < -0.39 is 23.6 Å². The van der Waals surface area contributed by atoms with Gasteiger partial charge in [-0.1, -0.05) is 12.1 Å². The fourth-order valence-electron chi connectivity index (χ4n) is 2.37. The van der Waals surface area contributed by atoms with Gasteiger partial charge < -0.3 is 20.2 Å². The highest BCUT2D eigenvalue weighted by molar-refractivity contribution is 6.10. The van der Waals surface area contributed by atoms with Crippen LogP contribution in [0.15, 0.2) is 77.0 Å². The highest BCUT2D eigenvalue weighted by Gasteiger charge is 2.17. The Balaban J connectivity index is 1.84. The Morgan fingerprint density at radius 1 is 0.966 bits per heavy atom. The van der Waals surface area contributed by atoms with Crippen LogP contribution in [-0.4, -0.2) is 22.9 Å². The van der Waals surface area contributed by atoms with E-state index in [2.05, 4.69) is 10.6 Å². The highest BCUT2D eigenvalue weighted by Crippen LogP contribution is 2.13. The molecule has 0 unspecified atom stereocenters. The molecule has 0 fully saturated rings. The van der Waals surface area contributed by atoms with Crippen molar-refractivity contribution in [1.82, 2.24) is 5.32 Å². The second kappa shape index (κ2) is 8.66. The highest BCUT2D eigenvalue weighted by atomic mass is 19.1. The number of carbonyl (C=O) groups is 3. The zero-order chi connectivity index (χ0) is 20.8. The predicted octanol–water partition coefficient (Wildman–Crippen LogP) is 3.53. The molecule has 0 radical (unpaired) electrons. The van der Waals surface area contributed by atoms with E-state index in [1.807, 2.05) is 0 Å². The molecule has 0 spiro atoms. The van der Waals surface area contributed by atoms with Crippen molar-refractivity contribution in [2.75, 3.05) is 5.32 Å². The van der Waals surface area contributed by atoms with Crippen molar-refractivity contribution >= 4 is 29.5 Å². The Hall–Kier alpha value is -4.20. The van der Waals surface area contributed by atoms with Crippen molar-refractivity contribution in [1.29, 1.82) is 0 Å². The van der Waals surface area contributed by atoms with Crippen molar-refractivity contribution in [3.63, 3.8) is 0 Å². The monoisotopic (exact) mass is 394 g/mol. The Morgan fingerprint density at radius 3 is 2.24 bits per heavy atom. The van der Waals surface area contributed by atoms with Gasteiger partial charge in [0.1, 0.15) is 11.5 Å². The minimum Gasteiger partial charge on any atom is -0.478 e. The lowest BCUT2D eigenvalue weighted by atomic mass is 10.1. The molecule has 0 saturated carbocycles. The molecule has 146 valence electrons. The van der Waals surface area contributed by atoms with Crippen LogP contribution in [0.25, 0.3) is 6.08 Å². The number of furan rings is 1. The van der Waals surface area contributed by atoms with Gasteiger partial charge in [-0.05, 0) is 60.2 Å². The molecule has 0 aliphatic carbocycles. The van der Waals surface area contributed by atoms with E-state index in [4.69, 9.17) is 9.52 Å². The predicted molar refractivity (Wildman–Crippen MR) is 103 cm³/mol. The molecule has 29 heavy (non-hydrogen) atoms. The molecule has 0 aliphatic heterocycles. The van der Waals surface area contributed by atoms with Crippen LogP contribution >= 0.6 is 0 Å². The molecule has 2 aromatic carbocycles. The van der Waals surface area contributed by atoms with Gasteiger partial charge in [-0.3, -0.25) is 9.59 Å². The molecule has 0 atom stereocenters. The maximum absolute atomic E-state index is 13.1. The summed E-state index contributed by atoms with van der Waals surface area (Å²) < 4.78 is 18.2. The second-order valence-corrected chi connectivity index (χ2v) is 5.88. The zero-order valence-electron chi connectivity index (χ0n) is 14.9.